The Labute approximate surface area is 291 Å². The van der Waals surface area contributed by atoms with Crippen molar-refractivity contribution in [2.75, 3.05) is 0 Å². The van der Waals surface area contributed by atoms with Gasteiger partial charge in [-0.1, -0.05) is 129 Å². The van der Waals surface area contributed by atoms with Crippen LogP contribution in [0.3, 0.4) is 0 Å². The molecule has 6 aliphatic carbocycles. The van der Waals surface area contributed by atoms with Gasteiger partial charge in [-0.05, 0) is 99.8 Å². The summed E-state index contributed by atoms with van der Waals surface area (Å²) in [4.78, 5) is 0. The maximum atomic E-state index is 4.21. The molecule has 3 aromatic rings. The molecule has 4 N–H and O–H groups in total. The van der Waals surface area contributed by atoms with Crippen LogP contribution in [0.2, 0.25) is 0 Å². The molecule has 0 bridgehead atoms. The number of quaternary nitrogens is 1. The molecule has 1 aliphatic heterocycles. The molecule has 8 unspecified atom stereocenters. The first kappa shape index (κ1) is 29.9. The molecule has 3 heteroatoms. The van der Waals surface area contributed by atoms with E-state index in [0.717, 1.165) is 12.8 Å². The Bertz CT molecular complexity index is 2070. The fraction of sp³-hybridized carbons (Fsp3) is 0.348. The van der Waals surface area contributed by atoms with E-state index in [2.05, 4.69) is 151 Å². The molecule has 246 valence electrons. The Morgan fingerprint density at radius 3 is 2.65 bits per heavy atom. The van der Waals surface area contributed by atoms with Gasteiger partial charge >= 0.3 is 0 Å². The second-order valence-corrected chi connectivity index (χ2v) is 16.1. The summed E-state index contributed by atoms with van der Waals surface area (Å²) in [5, 5.41) is 13.6. The van der Waals surface area contributed by atoms with Crippen molar-refractivity contribution < 1.29 is 5.32 Å². The van der Waals surface area contributed by atoms with Gasteiger partial charge in [-0.25, -0.2) is 10.6 Å². The largest absolute Gasteiger partial charge is 0.312 e. The average Bonchev–Trinajstić information content (AvgIpc) is 3.39. The summed E-state index contributed by atoms with van der Waals surface area (Å²) in [6.07, 6.45) is 32.9. The highest BCUT2D eigenvalue weighted by Gasteiger charge is 2.46. The third kappa shape index (κ3) is 4.81. The maximum Gasteiger partial charge on any atom is 0.168 e. The van der Waals surface area contributed by atoms with Crippen LogP contribution < -0.4 is 16.0 Å². The highest BCUT2D eigenvalue weighted by atomic mass is 15.4. The van der Waals surface area contributed by atoms with Crippen molar-refractivity contribution >= 4 is 16.3 Å². The minimum Gasteiger partial charge on any atom is -0.312 e. The standard InChI is InChI=1S/C46H47N3/c1-46(2)39-17-8-7-14-38(39)42-40(46)25-23-30-22-24-35-36(41(30)42)15-9-16-37(35)45-48-43(33-20-18-28-10-3-5-12-31(28)26-33)47-44(49-45)34-21-19-29-11-4-6-13-32(29)27-34/h3-6,8-13,15-21,23,25-26,29,32,34-36,43-45,47-49H,7,14,22,24,27H2,1-2H3/p+1. The van der Waals surface area contributed by atoms with Gasteiger partial charge in [0.1, 0.15) is 6.17 Å². The molecule has 0 radical (unpaired) electrons. The quantitative estimate of drug-likeness (QED) is 0.251. The minimum atomic E-state index is 0.0685. The van der Waals surface area contributed by atoms with Crippen LogP contribution in [0.25, 0.3) is 16.3 Å². The van der Waals surface area contributed by atoms with Gasteiger partial charge < -0.3 is 5.32 Å². The Morgan fingerprint density at radius 2 is 1.71 bits per heavy atom. The van der Waals surface area contributed by atoms with Crippen LogP contribution in [0.1, 0.15) is 79.4 Å². The summed E-state index contributed by atoms with van der Waals surface area (Å²) in [5.74, 6) is 2.47. The normalized spacial score (nSPS) is 33.5. The van der Waals surface area contributed by atoms with E-state index in [1.54, 1.807) is 33.4 Å². The summed E-state index contributed by atoms with van der Waals surface area (Å²) in [5.41, 5.74) is 12.5. The SMILES string of the molecule is CC1(C)C2=C(CCC=C2)c2c1ccc1c2C2C=CC=C(C3NC(c4ccc5ccccc5c4)[NH2+]C(C4C=CC5C=CC=CC5C4)N3)C2CC1. The number of allylic oxidation sites excluding steroid dienone is 12. The molecule has 49 heavy (non-hydrogen) atoms. The summed E-state index contributed by atoms with van der Waals surface area (Å²) in [6.45, 7) is 4.89. The summed E-state index contributed by atoms with van der Waals surface area (Å²) in [6, 6.07) is 20.8. The van der Waals surface area contributed by atoms with Gasteiger partial charge in [0.2, 0.25) is 0 Å². The second-order valence-electron chi connectivity index (χ2n) is 16.1. The van der Waals surface area contributed by atoms with Gasteiger partial charge in [-0.2, -0.15) is 0 Å². The van der Waals surface area contributed by atoms with E-state index in [4.69, 9.17) is 0 Å². The maximum absolute atomic E-state index is 4.21. The van der Waals surface area contributed by atoms with Crippen LogP contribution in [0, 0.1) is 23.7 Å². The molecule has 3 nitrogen and oxygen atoms in total. The predicted molar refractivity (Wildman–Crippen MR) is 202 cm³/mol. The van der Waals surface area contributed by atoms with Crippen LogP contribution in [0.4, 0.5) is 0 Å². The number of nitrogens with one attached hydrogen (secondary N) is 2. The number of benzene rings is 3. The summed E-state index contributed by atoms with van der Waals surface area (Å²) < 4.78 is 0. The van der Waals surface area contributed by atoms with Gasteiger partial charge in [-0.15, -0.1) is 0 Å². The van der Waals surface area contributed by atoms with Gasteiger partial charge in [0.05, 0.1) is 6.17 Å². The van der Waals surface area contributed by atoms with Gasteiger partial charge in [-0.3, -0.25) is 0 Å². The number of rotatable bonds is 3. The third-order valence-corrected chi connectivity index (χ3v) is 13.1. The van der Waals surface area contributed by atoms with Gasteiger partial charge in [0.15, 0.2) is 6.17 Å². The van der Waals surface area contributed by atoms with Crippen molar-refractivity contribution in [3.63, 3.8) is 0 Å². The van der Waals surface area contributed by atoms with Crippen molar-refractivity contribution in [3.8, 4) is 0 Å². The second kappa shape index (κ2) is 11.5. The molecule has 0 saturated carbocycles. The fourth-order valence-electron chi connectivity index (χ4n) is 10.6. The van der Waals surface area contributed by atoms with Gasteiger partial charge in [0, 0.05) is 28.7 Å². The zero-order chi connectivity index (χ0) is 32.7. The predicted octanol–water partition coefficient (Wildman–Crippen LogP) is 8.42. The Morgan fingerprint density at radius 1 is 0.816 bits per heavy atom. The van der Waals surface area contributed by atoms with Crippen molar-refractivity contribution in [3.05, 3.63) is 160 Å². The third-order valence-electron chi connectivity index (χ3n) is 13.1. The van der Waals surface area contributed by atoms with Crippen LogP contribution in [-0.2, 0) is 11.8 Å². The molecule has 0 aromatic heterocycles. The average molecular weight is 643 g/mol. The minimum absolute atomic E-state index is 0.0685. The van der Waals surface area contributed by atoms with Crippen molar-refractivity contribution in [1.82, 2.24) is 10.6 Å². The van der Waals surface area contributed by atoms with E-state index in [1.165, 1.54) is 41.2 Å². The zero-order valence-corrected chi connectivity index (χ0v) is 28.8. The number of fused-ring (bicyclic) bond motifs is 8. The molecule has 7 aliphatic rings. The lowest BCUT2D eigenvalue weighted by atomic mass is 9.66. The summed E-state index contributed by atoms with van der Waals surface area (Å²) >= 11 is 0. The Hall–Kier alpha value is -4.02. The van der Waals surface area contributed by atoms with Crippen LogP contribution in [0.5, 0.6) is 0 Å². The van der Waals surface area contributed by atoms with E-state index in [9.17, 15) is 0 Å². The lowest BCUT2D eigenvalue weighted by Crippen LogP contribution is -3.01. The highest BCUT2D eigenvalue weighted by molar-refractivity contribution is 5.86. The van der Waals surface area contributed by atoms with E-state index < -0.39 is 0 Å². The first-order valence-electron chi connectivity index (χ1n) is 18.9. The van der Waals surface area contributed by atoms with Crippen molar-refractivity contribution in [2.45, 2.75) is 75.8 Å². The monoisotopic (exact) mass is 642 g/mol. The van der Waals surface area contributed by atoms with Crippen molar-refractivity contribution in [1.29, 1.82) is 0 Å². The number of nitrogens with two attached hydrogens (primary N) is 1. The van der Waals surface area contributed by atoms with Crippen molar-refractivity contribution in [2.24, 2.45) is 23.7 Å². The lowest BCUT2D eigenvalue weighted by molar-refractivity contribution is -0.752. The Kier molecular flexibility index (Phi) is 7.02. The van der Waals surface area contributed by atoms with Gasteiger partial charge in [0.25, 0.3) is 0 Å². The molecule has 1 fully saturated rings. The first-order chi connectivity index (χ1) is 24.0. The zero-order valence-electron chi connectivity index (χ0n) is 28.8. The topological polar surface area (TPSA) is 40.7 Å². The summed E-state index contributed by atoms with van der Waals surface area (Å²) in [7, 11) is 0. The van der Waals surface area contributed by atoms with E-state index >= 15 is 0 Å². The lowest BCUT2D eigenvalue weighted by Gasteiger charge is -2.45. The number of hydrogen-bond donors (Lipinski definition) is 3. The number of hydrogen-bond acceptors (Lipinski definition) is 2. The molecule has 3 aromatic carbocycles. The number of aryl methyl sites for hydroxylation is 1. The fourth-order valence-corrected chi connectivity index (χ4v) is 10.6. The molecule has 8 atom stereocenters. The van der Waals surface area contributed by atoms with E-state index in [1.807, 2.05) is 0 Å². The van der Waals surface area contributed by atoms with E-state index in [0.29, 0.717) is 29.6 Å². The molecular weight excluding hydrogens is 595 g/mol. The van der Waals surface area contributed by atoms with Crippen LogP contribution in [-0.4, -0.2) is 12.3 Å². The molecule has 10 rings (SSSR count). The van der Waals surface area contributed by atoms with E-state index in [-0.39, 0.29) is 23.9 Å². The van der Waals surface area contributed by atoms with Crippen LogP contribution >= 0.6 is 0 Å². The molecule has 0 amide bonds. The molecular formula is C46H48N3+. The van der Waals surface area contributed by atoms with Crippen LogP contribution in [0.15, 0.2) is 133 Å². The first-order valence-corrected chi connectivity index (χ1v) is 18.9. The highest BCUT2D eigenvalue weighted by Crippen LogP contribution is 2.56. The molecule has 0 spiro atoms. The smallest absolute Gasteiger partial charge is 0.168 e. The molecule has 1 saturated heterocycles. The molecule has 1 heterocycles. The Balaban J connectivity index is 1.02.